The number of ether oxygens (including phenoxy) is 2. The minimum atomic E-state index is -4.54. The Labute approximate surface area is 128 Å². The highest BCUT2D eigenvalue weighted by molar-refractivity contribution is 6.31. The zero-order valence-electron chi connectivity index (χ0n) is 11.1. The number of aromatic nitrogens is 1. The Morgan fingerprint density at radius 2 is 1.86 bits per heavy atom. The molecule has 2 aromatic rings. The molecular weight excluding hydrogens is 321 g/mol. The van der Waals surface area contributed by atoms with Crippen molar-refractivity contribution in [2.75, 3.05) is 7.11 Å². The maximum Gasteiger partial charge on any atom is 0.417 e. The molecule has 0 atom stereocenters. The van der Waals surface area contributed by atoms with Gasteiger partial charge < -0.3 is 9.47 Å². The summed E-state index contributed by atoms with van der Waals surface area (Å²) in [4.78, 5) is 3.55. The Hall–Kier alpha value is -2.46. The number of nitrogens with zero attached hydrogens (tertiary/aromatic N) is 2. The molecule has 1 aromatic carbocycles. The van der Waals surface area contributed by atoms with Gasteiger partial charge in [0.2, 0.25) is 5.88 Å². The first-order valence-corrected chi connectivity index (χ1v) is 6.21. The van der Waals surface area contributed by atoms with E-state index in [1.807, 2.05) is 6.07 Å². The third-order valence-corrected chi connectivity index (χ3v) is 2.86. The average molecular weight is 329 g/mol. The lowest BCUT2D eigenvalue weighted by Gasteiger charge is -2.11. The fraction of sp³-hybridized carbons (Fsp3) is 0.143. The highest BCUT2D eigenvalue weighted by Gasteiger charge is 2.31. The van der Waals surface area contributed by atoms with Crippen LogP contribution in [0, 0.1) is 11.3 Å². The van der Waals surface area contributed by atoms with Crippen LogP contribution >= 0.6 is 11.6 Å². The molecule has 0 bridgehead atoms. The van der Waals surface area contributed by atoms with E-state index in [2.05, 4.69) is 4.98 Å². The van der Waals surface area contributed by atoms with E-state index < -0.39 is 11.7 Å². The Morgan fingerprint density at radius 3 is 2.41 bits per heavy atom. The van der Waals surface area contributed by atoms with Crippen molar-refractivity contribution >= 4 is 11.6 Å². The summed E-state index contributed by atoms with van der Waals surface area (Å²) < 4.78 is 47.9. The van der Waals surface area contributed by atoms with E-state index in [-0.39, 0.29) is 22.2 Å². The molecule has 0 radical (unpaired) electrons. The lowest BCUT2D eigenvalue weighted by molar-refractivity contribution is -0.137. The summed E-state index contributed by atoms with van der Waals surface area (Å²) in [6.07, 6.45) is -3.92. The van der Waals surface area contributed by atoms with E-state index in [9.17, 15) is 13.2 Å². The van der Waals surface area contributed by atoms with Crippen LogP contribution in [-0.2, 0) is 6.18 Å². The Kier molecular flexibility index (Phi) is 4.43. The van der Waals surface area contributed by atoms with Crippen molar-refractivity contribution in [3.05, 3.63) is 46.6 Å². The topological polar surface area (TPSA) is 55.1 Å². The van der Waals surface area contributed by atoms with E-state index in [4.69, 9.17) is 26.3 Å². The predicted molar refractivity (Wildman–Crippen MR) is 72.0 cm³/mol. The van der Waals surface area contributed by atoms with Gasteiger partial charge in [-0.05, 0) is 18.2 Å². The highest BCUT2D eigenvalue weighted by Crippen LogP contribution is 2.35. The van der Waals surface area contributed by atoms with Crippen molar-refractivity contribution < 1.29 is 22.6 Å². The zero-order valence-corrected chi connectivity index (χ0v) is 11.9. The first-order valence-electron chi connectivity index (χ1n) is 5.83. The number of benzene rings is 1. The molecule has 114 valence electrons. The molecule has 0 unspecified atom stereocenters. The maximum atomic E-state index is 12.5. The molecule has 0 aliphatic heterocycles. The SMILES string of the molecule is COc1cc(C#N)cc(Oc2ncc(C(F)(F)F)cc2Cl)c1. The van der Waals surface area contributed by atoms with E-state index >= 15 is 0 Å². The Balaban J connectivity index is 2.34. The number of halogens is 4. The second-order valence-electron chi connectivity index (χ2n) is 4.12. The molecule has 0 fully saturated rings. The molecular formula is C14H8ClF3N2O2. The van der Waals surface area contributed by atoms with Crippen LogP contribution in [0.25, 0.3) is 0 Å². The van der Waals surface area contributed by atoms with Crippen LogP contribution in [0.2, 0.25) is 5.02 Å². The second-order valence-corrected chi connectivity index (χ2v) is 4.53. The number of nitriles is 1. The molecule has 22 heavy (non-hydrogen) atoms. The normalized spacial score (nSPS) is 10.9. The van der Waals surface area contributed by atoms with Gasteiger partial charge in [0.1, 0.15) is 16.5 Å². The minimum Gasteiger partial charge on any atom is -0.497 e. The summed E-state index contributed by atoms with van der Waals surface area (Å²) in [5.74, 6) is 0.328. The molecule has 0 saturated carbocycles. The summed E-state index contributed by atoms with van der Waals surface area (Å²) in [6.45, 7) is 0. The first kappa shape index (κ1) is 15.9. The second kappa shape index (κ2) is 6.12. The molecule has 0 N–H and O–H groups in total. The van der Waals surface area contributed by atoms with Gasteiger partial charge in [-0.3, -0.25) is 0 Å². The van der Waals surface area contributed by atoms with Crippen molar-refractivity contribution in [1.29, 1.82) is 5.26 Å². The van der Waals surface area contributed by atoms with E-state index in [1.54, 1.807) is 0 Å². The van der Waals surface area contributed by atoms with Crippen molar-refractivity contribution in [2.24, 2.45) is 0 Å². The third-order valence-electron chi connectivity index (χ3n) is 2.59. The summed E-state index contributed by atoms with van der Waals surface area (Å²) in [5, 5.41) is 8.61. The van der Waals surface area contributed by atoms with Crippen LogP contribution < -0.4 is 9.47 Å². The minimum absolute atomic E-state index is 0.171. The van der Waals surface area contributed by atoms with Gasteiger partial charge in [0.25, 0.3) is 0 Å². The fourth-order valence-electron chi connectivity index (χ4n) is 1.58. The molecule has 8 heteroatoms. The highest BCUT2D eigenvalue weighted by atomic mass is 35.5. The van der Waals surface area contributed by atoms with Crippen LogP contribution in [0.3, 0.4) is 0 Å². The van der Waals surface area contributed by atoms with Crippen LogP contribution in [0.15, 0.2) is 30.5 Å². The summed E-state index contributed by atoms with van der Waals surface area (Å²) in [6, 6.07) is 6.95. The lowest BCUT2D eigenvalue weighted by Crippen LogP contribution is -2.05. The lowest BCUT2D eigenvalue weighted by atomic mass is 10.2. The molecule has 0 spiro atoms. The van der Waals surface area contributed by atoms with Crippen molar-refractivity contribution in [3.8, 4) is 23.4 Å². The first-order chi connectivity index (χ1) is 10.3. The van der Waals surface area contributed by atoms with Crippen LogP contribution in [-0.4, -0.2) is 12.1 Å². The van der Waals surface area contributed by atoms with Crippen LogP contribution in [0.1, 0.15) is 11.1 Å². The number of methoxy groups -OCH3 is 1. The molecule has 4 nitrogen and oxygen atoms in total. The van der Waals surface area contributed by atoms with E-state index in [0.29, 0.717) is 11.9 Å². The summed E-state index contributed by atoms with van der Waals surface area (Å²) >= 11 is 5.75. The molecule has 0 amide bonds. The van der Waals surface area contributed by atoms with Crippen molar-refractivity contribution in [1.82, 2.24) is 4.98 Å². The van der Waals surface area contributed by atoms with Crippen LogP contribution in [0.5, 0.6) is 17.4 Å². The molecule has 0 saturated heterocycles. The largest absolute Gasteiger partial charge is 0.497 e. The monoisotopic (exact) mass is 328 g/mol. The van der Waals surface area contributed by atoms with Gasteiger partial charge >= 0.3 is 6.18 Å². The fourth-order valence-corrected chi connectivity index (χ4v) is 1.79. The van der Waals surface area contributed by atoms with E-state index in [1.165, 1.54) is 25.3 Å². The van der Waals surface area contributed by atoms with E-state index in [0.717, 1.165) is 6.07 Å². The van der Waals surface area contributed by atoms with Crippen molar-refractivity contribution in [2.45, 2.75) is 6.18 Å². The van der Waals surface area contributed by atoms with Gasteiger partial charge in [-0.25, -0.2) is 4.98 Å². The van der Waals surface area contributed by atoms with Gasteiger partial charge in [0.15, 0.2) is 0 Å². The van der Waals surface area contributed by atoms with Crippen LogP contribution in [0.4, 0.5) is 13.2 Å². The summed E-state index contributed by atoms with van der Waals surface area (Å²) in [5.41, 5.74) is -0.717. The number of hydrogen-bond acceptors (Lipinski definition) is 4. The maximum absolute atomic E-state index is 12.5. The molecule has 1 aromatic heterocycles. The number of rotatable bonds is 3. The predicted octanol–water partition coefficient (Wildman–Crippen LogP) is 4.43. The molecule has 1 heterocycles. The molecule has 0 aliphatic carbocycles. The number of pyridine rings is 1. The number of alkyl halides is 3. The third kappa shape index (κ3) is 3.59. The Morgan fingerprint density at radius 1 is 1.18 bits per heavy atom. The molecule has 0 aliphatic rings. The van der Waals surface area contributed by atoms with Gasteiger partial charge in [0, 0.05) is 12.3 Å². The smallest absolute Gasteiger partial charge is 0.417 e. The average Bonchev–Trinajstić information content (AvgIpc) is 2.47. The standard InChI is InChI=1S/C14H8ClF3N2O2/c1-21-10-2-8(6-19)3-11(5-10)22-13-12(15)4-9(7-20-13)14(16,17)18/h2-5,7H,1H3. The number of hydrogen-bond donors (Lipinski definition) is 0. The van der Waals surface area contributed by atoms with Gasteiger partial charge in [-0.15, -0.1) is 0 Å². The molecule has 2 rings (SSSR count). The zero-order chi connectivity index (χ0) is 16.3. The van der Waals surface area contributed by atoms with Gasteiger partial charge in [-0.1, -0.05) is 11.6 Å². The summed E-state index contributed by atoms with van der Waals surface area (Å²) in [7, 11) is 1.41. The Bertz CT molecular complexity index is 742. The van der Waals surface area contributed by atoms with Gasteiger partial charge in [0.05, 0.1) is 24.3 Å². The quantitative estimate of drug-likeness (QED) is 0.836. The van der Waals surface area contributed by atoms with Crippen molar-refractivity contribution in [3.63, 3.8) is 0 Å². The van der Waals surface area contributed by atoms with Gasteiger partial charge in [-0.2, -0.15) is 18.4 Å².